The standard InChI is InChI=1S/C28H22N2O2S2/c31-27-21-9-6-10-22(16-21)28(32)30-24-12-2-4-14-26(24)34-18-20-8-5-7-19(15-20)17-33-25-13-3-1-11-23(25)29-27/h1-16H,17-18H2,(H,29,31)(H,30,32). The number of nitrogens with one attached hydrogen (secondary N) is 2. The fourth-order valence-corrected chi connectivity index (χ4v) is 5.62. The molecule has 0 atom stereocenters. The fourth-order valence-electron chi connectivity index (χ4n) is 3.71. The van der Waals surface area contributed by atoms with Crippen LogP contribution in [0.4, 0.5) is 11.4 Å². The summed E-state index contributed by atoms with van der Waals surface area (Å²) < 4.78 is 0. The van der Waals surface area contributed by atoms with Gasteiger partial charge in [0.2, 0.25) is 0 Å². The van der Waals surface area contributed by atoms with Crippen molar-refractivity contribution in [1.29, 1.82) is 0 Å². The zero-order valence-corrected chi connectivity index (χ0v) is 19.9. The van der Waals surface area contributed by atoms with Gasteiger partial charge >= 0.3 is 0 Å². The van der Waals surface area contributed by atoms with Crippen LogP contribution in [0.5, 0.6) is 0 Å². The summed E-state index contributed by atoms with van der Waals surface area (Å²) in [5, 5.41) is 6.03. The maximum absolute atomic E-state index is 13.0. The lowest BCUT2D eigenvalue weighted by Crippen LogP contribution is -2.16. The van der Waals surface area contributed by atoms with E-state index >= 15 is 0 Å². The summed E-state index contributed by atoms with van der Waals surface area (Å²) >= 11 is 3.38. The third-order valence-electron chi connectivity index (χ3n) is 5.44. The molecule has 0 aromatic heterocycles. The Morgan fingerprint density at radius 2 is 1.00 bits per heavy atom. The van der Waals surface area contributed by atoms with Crippen LogP contribution in [0.1, 0.15) is 31.8 Å². The van der Waals surface area contributed by atoms with E-state index in [-0.39, 0.29) is 11.8 Å². The van der Waals surface area contributed by atoms with Crippen LogP contribution >= 0.6 is 23.5 Å². The Balaban J connectivity index is 1.53. The molecule has 34 heavy (non-hydrogen) atoms. The van der Waals surface area contributed by atoms with Crippen LogP contribution in [0.25, 0.3) is 0 Å². The second-order valence-electron chi connectivity index (χ2n) is 7.88. The van der Waals surface area contributed by atoms with Crippen molar-refractivity contribution in [3.8, 4) is 0 Å². The highest BCUT2D eigenvalue weighted by molar-refractivity contribution is 7.99. The van der Waals surface area contributed by atoms with Crippen molar-refractivity contribution in [2.75, 3.05) is 10.6 Å². The molecule has 4 bridgehead atoms. The van der Waals surface area contributed by atoms with Gasteiger partial charge in [-0.15, -0.1) is 23.5 Å². The molecule has 0 saturated carbocycles. The molecule has 4 aromatic rings. The number of carbonyl (C=O) groups is 2. The molecule has 0 spiro atoms. The lowest BCUT2D eigenvalue weighted by Gasteiger charge is -2.14. The number of thioether (sulfide) groups is 2. The number of hydrogen-bond acceptors (Lipinski definition) is 4. The van der Waals surface area contributed by atoms with E-state index in [0.29, 0.717) is 11.1 Å². The van der Waals surface area contributed by atoms with Crippen LogP contribution in [0, 0.1) is 0 Å². The number of carbonyl (C=O) groups excluding carboxylic acids is 2. The highest BCUT2D eigenvalue weighted by Crippen LogP contribution is 2.33. The largest absolute Gasteiger partial charge is 0.321 e. The Morgan fingerprint density at radius 1 is 0.529 bits per heavy atom. The minimum absolute atomic E-state index is 0.248. The van der Waals surface area contributed by atoms with Gasteiger partial charge in [-0.25, -0.2) is 0 Å². The van der Waals surface area contributed by atoms with Gasteiger partial charge in [-0.05, 0) is 53.6 Å². The molecule has 1 aliphatic rings. The average Bonchev–Trinajstić information content (AvgIpc) is 2.87. The Kier molecular flexibility index (Phi) is 6.70. The quantitative estimate of drug-likeness (QED) is 0.281. The summed E-state index contributed by atoms with van der Waals surface area (Å²) in [5.74, 6) is 1.10. The zero-order valence-electron chi connectivity index (χ0n) is 18.3. The fraction of sp³-hybridized carbons (Fsp3) is 0.0714. The molecule has 6 heteroatoms. The summed E-state index contributed by atoms with van der Waals surface area (Å²) in [4.78, 5) is 28.1. The summed E-state index contributed by atoms with van der Waals surface area (Å²) in [6.07, 6.45) is 0. The Morgan fingerprint density at radius 3 is 1.53 bits per heavy atom. The average molecular weight is 483 g/mol. The van der Waals surface area contributed by atoms with Crippen LogP contribution < -0.4 is 10.6 Å². The van der Waals surface area contributed by atoms with Gasteiger partial charge in [0.15, 0.2) is 0 Å². The second kappa shape index (κ2) is 10.2. The van der Waals surface area contributed by atoms with Crippen molar-refractivity contribution >= 4 is 46.7 Å². The van der Waals surface area contributed by atoms with Gasteiger partial charge in [0.1, 0.15) is 0 Å². The molecule has 2 N–H and O–H groups in total. The van der Waals surface area contributed by atoms with E-state index in [2.05, 4.69) is 34.9 Å². The van der Waals surface area contributed by atoms with Crippen molar-refractivity contribution < 1.29 is 9.59 Å². The van der Waals surface area contributed by atoms with Gasteiger partial charge in [-0.1, -0.05) is 54.6 Å². The topological polar surface area (TPSA) is 58.2 Å². The van der Waals surface area contributed by atoms with Crippen LogP contribution in [0.3, 0.4) is 0 Å². The molecule has 168 valence electrons. The number of amides is 2. The van der Waals surface area contributed by atoms with Gasteiger partial charge in [-0.3, -0.25) is 9.59 Å². The first-order chi connectivity index (χ1) is 16.7. The van der Waals surface area contributed by atoms with Crippen molar-refractivity contribution in [1.82, 2.24) is 0 Å². The maximum Gasteiger partial charge on any atom is 0.255 e. The summed E-state index contributed by atoms with van der Waals surface area (Å²) in [7, 11) is 0. The SMILES string of the molecule is O=C1Nc2ccccc2SCc2cccc(c2)CSc2ccccc2NC(=O)c2cccc1c2. The van der Waals surface area contributed by atoms with E-state index in [0.717, 1.165) is 32.7 Å². The number of fused-ring (bicyclic) bond motifs is 6. The summed E-state index contributed by atoms with van der Waals surface area (Å²) in [5.41, 5.74) is 4.83. The van der Waals surface area contributed by atoms with Crippen molar-refractivity contribution in [3.05, 3.63) is 119 Å². The number of hydrogen-bond donors (Lipinski definition) is 2. The first-order valence-electron chi connectivity index (χ1n) is 10.9. The highest BCUT2D eigenvalue weighted by atomic mass is 32.2. The molecular weight excluding hydrogens is 460 g/mol. The second-order valence-corrected chi connectivity index (χ2v) is 9.91. The highest BCUT2D eigenvalue weighted by Gasteiger charge is 2.15. The number of para-hydroxylation sites is 2. The normalized spacial score (nSPS) is 14.0. The molecule has 0 fully saturated rings. The van der Waals surface area contributed by atoms with Gasteiger partial charge in [0.05, 0.1) is 11.4 Å². The van der Waals surface area contributed by atoms with Gasteiger partial charge in [-0.2, -0.15) is 0 Å². The molecule has 1 aliphatic heterocycles. The smallest absolute Gasteiger partial charge is 0.255 e. The van der Waals surface area contributed by atoms with E-state index in [4.69, 9.17) is 0 Å². The molecule has 4 aromatic carbocycles. The molecule has 0 saturated heterocycles. The van der Waals surface area contributed by atoms with E-state index in [9.17, 15) is 9.59 Å². The zero-order chi connectivity index (χ0) is 23.3. The molecule has 0 unspecified atom stereocenters. The number of benzene rings is 4. The Hall–Kier alpha value is -3.48. The van der Waals surface area contributed by atoms with Crippen molar-refractivity contribution in [2.45, 2.75) is 21.3 Å². The molecule has 5 rings (SSSR count). The maximum atomic E-state index is 13.0. The molecule has 4 nitrogen and oxygen atoms in total. The van der Waals surface area contributed by atoms with Gasteiger partial charge < -0.3 is 10.6 Å². The molecular formula is C28H22N2O2S2. The monoisotopic (exact) mass is 482 g/mol. The van der Waals surface area contributed by atoms with E-state index in [1.54, 1.807) is 47.8 Å². The predicted molar refractivity (Wildman–Crippen MR) is 141 cm³/mol. The van der Waals surface area contributed by atoms with Crippen molar-refractivity contribution in [3.63, 3.8) is 0 Å². The molecule has 0 aliphatic carbocycles. The first kappa shape index (κ1) is 22.3. The molecule has 1 heterocycles. The Labute approximate surface area is 207 Å². The lowest BCUT2D eigenvalue weighted by molar-refractivity contribution is 0.102. The Bertz CT molecular complexity index is 1270. The van der Waals surface area contributed by atoms with Crippen molar-refractivity contribution in [2.24, 2.45) is 0 Å². The predicted octanol–water partition coefficient (Wildman–Crippen LogP) is 7.09. The van der Waals surface area contributed by atoms with Crippen LogP contribution in [-0.2, 0) is 11.5 Å². The molecule has 0 radical (unpaired) electrons. The minimum Gasteiger partial charge on any atom is -0.321 e. The third kappa shape index (κ3) is 5.19. The first-order valence-corrected chi connectivity index (χ1v) is 12.9. The van der Waals surface area contributed by atoms with Gasteiger partial charge in [0, 0.05) is 32.4 Å². The van der Waals surface area contributed by atoms with E-state index in [1.807, 2.05) is 48.5 Å². The third-order valence-corrected chi connectivity index (χ3v) is 7.73. The van der Waals surface area contributed by atoms with Gasteiger partial charge in [0.25, 0.3) is 11.8 Å². The summed E-state index contributed by atoms with van der Waals surface area (Å²) in [6, 6.07) is 30.9. The van der Waals surface area contributed by atoms with Crippen LogP contribution in [0.2, 0.25) is 0 Å². The molecule has 2 amide bonds. The minimum atomic E-state index is -0.248. The lowest BCUT2D eigenvalue weighted by atomic mass is 10.1. The number of anilines is 2. The number of rotatable bonds is 0. The van der Waals surface area contributed by atoms with E-state index < -0.39 is 0 Å². The summed E-state index contributed by atoms with van der Waals surface area (Å²) in [6.45, 7) is 0. The van der Waals surface area contributed by atoms with Crippen LogP contribution in [-0.4, -0.2) is 11.8 Å². The van der Waals surface area contributed by atoms with E-state index in [1.165, 1.54) is 11.1 Å². The van der Waals surface area contributed by atoms with Crippen LogP contribution in [0.15, 0.2) is 107 Å².